The van der Waals surface area contributed by atoms with Gasteiger partial charge in [0.2, 0.25) is 0 Å². The fourth-order valence-electron chi connectivity index (χ4n) is 1.89. The zero-order chi connectivity index (χ0) is 13.6. The molecular weight excluding hydrogens is 278 g/mol. The Morgan fingerprint density at radius 3 is 3.00 bits per heavy atom. The number of aliphatic hydroxyl groups is 1. The lowest BCUT2D eigenvalue weighted by atomic mass is 10.3. The highest BCUT2D eigenvalue weighted by Gasteiger charge is 2.30. The van der Waals surface area contributed by atoms with Gasteiger partial charge in [0.05, 0.1) is 18.2 Å². The molecule has 0 aromatic carbocycles. The van der Waals surface area contributed by atoms with E-state index < -0.39 is 22.8 Å². The molecule has 2 atom stereocenters. The summed E-state index contributed by atoms with van der Waals surface area (Å²) >= 11 is 1.13. The highest BCUT2D eigenvalue weighted by Crippen LogP contribution is 2.42. The number of imidazole rings is 1. The molecule has 9 heteroatoms. The Hall–Kier alpha value is -1.74. The molecule has 2 N–H and O–H groups in total. The molecular formula is C10H8F2N4O2S. The third-order valence-corrected chi connectivity index (χ3v) is 4.07. The maximum Gasteiger partial charge on any atom is 0.291 e. The molecule has 0 amide bonds. The minimum absolute atomic E-state index is 0.0270. The second kappa shape index (κ2) is 4.42. The van der Waals surface area contributed by atoms with Crippen molar-refractivity contribution in [1.82, 2.24) is 19.5 Å². The number of H-pyrrole nitrogens is 1. The van der Waals surface area contributed by atoms with Crippen LogP contribution in [-0.2, 0) is 0 Å². The average molecular weight is 286 g/mol. The molecule has 100 valence electrons. The third-order valence-electron chi connectivity index (χ3n) is 2.72. The summed E-state index contributed by atoms with van der Waals surface area (Å²) in [5.41, 5.74) is -0.796. The van der Waals surface area contributed by atoms with Crippen LogP contribution >= 0.6 is 11.8 Å². The van der Waals surface area contributed by atoms with Crippen LogP contribution in [0.15, 0.2) is 23.0 Å². The van der Waals surface area contributed by atoms with Crippen LogP contribution in [0.4, 0.5) is 8.78 Å². The van der Waals surface area contributed by atoms with E-state index in [0.717, 1.165) is 11.8 Å². The first kappa shape index (κ1) is 12.3. The number of aromatic nitrogens is 4. The Kier molecular flexibility index (Phi) is 2.86. The van der Waals surface area contributed by atoms with Crippen LogP contribution in [0.5, 0.6) is 0 Å². The molecule has 6 nitrogen and oxygen atoms in total. The molecule has 3 rings (SSSR count). The van der Waals surface area contributed by atoms with E-state index in [4.69, 9.17) is 5.11 Å². The molecule has 2 aromatic rings. The molecule has 0 fully saturated rings. The number of nitrogens with one attached hydrogen (secondary N) is 1. The lowest BCUT2D eigenvalue weighted by Gasteiger charge is -2.12. The van der Waals surface area contributed by atoms with E-state index in [-0.39, 0.29) is 23.0 Å². The molecule has 1 aliphatic heterocycles. The Morgan fingerprint density at radius 2 is 2.32 bits per heavy atom. The van der Waals surface area contributed by atoms with Gasteiger partial charge in [0.1, 0.15) is 11.2 Å². The summed E-state index contributed by atoms with van der Waals surface area (Å²) in [6.45, 7) is -0.205. The van der Waals surface area contributed by atoms with Gasteiger partial charge in [-0.15, -0.1) is 11.8 Å². The lowest BCUT2D eigenvalue weighted by molar-refractivity contribution is 0.307. The highest BCUT2D eigenvalue weighted by molar-refractivity contribution is 8.00. The van der Waals surface area contributed by atoms with Gasteiger partial charge in [-0.3, -0.25) is 14.3 Å². The molecule has 0 aliphatic carbocycles. The second-order valence-corrected chi connectivity index (χ2v) is 5.27. The summed E-state index contributed by atoms with van der Waals surface area (Å²) < 4.78 is 28.2. The van der Waals surface area contributed by atoms with Gasteiger partial charge >= 0.3 is 0 Å². The normalized spacial score (nSPS) is 23.0. The minimum Gasteiger partial charge on any atom is -0.395 e. The van der Waals surface area contributed by atoms with Gasteiger partial charge in [0.25, 0.3) is 11.6 Å². The van der Waals surface area contributed by atoms with Crippen LogP contribution in [0.1, 0.15) is 5.37 Å². The van der Waals surface area contributed by atoms with Crippen LogP contribution in [0.2, 0.25) is 0 Å². The number of halogens is 2. The van der Waals surface area contributed by atoms with E-state index >= 15 is 0 Å². The molecule has 1 aliphatic rings. The van der Waals surface area contributed by atoms with Gasteiger partial charge in [-0.2, -0.15) is 9.37 Å². The minimum atomic E-state index is -1.05. The highest BCUT2D eigenvalue weighted by atomic mass is 32.2. The summed E-state index contributed by atoms with van der Waals surface area (Å²) in [6.07, 6.45) is 1.47. The summed E-state index contributed by atoms with van der Waals surface area (Å²) in [6, 6.07) is 0. The quantitative estimate of drug-likeness (QED) is 0.795. The molecule has 2 aromatic heterocycles. The largest absolute Gasteiger partial charge is 0.395 e. The zero-order valence-corrected chi connectivity index (χ0v) is 10.2. The maximum atomic E-state index is 13.8. The Labute approximate surface area is 109 Å². The lowest BCUT2D eigenvalue weighted by Crippen LogP contribution is -2.13. The first-order valence-corrected chi connectivity index (χ1v) is 6.30. The predicted molar refractivity (Wildman–Crippen MR) is 64.8 cm³/mol. The number of rotatable bonds is 2. The molecule has 3 heterocycles. The van der Waals surface area contributed by atoms with Crippen molar-refractivity contribution in [2.24, 2.45) is 0 Å². The van der Waals surface area contributed by atoms with Crippen molar-refractivity contribution in [3.05, 3.63) is 34.7 Å². The molecule has 0 saturated heterocycles. The van der Waals surface area contributed by atoms with E-state index in [9.17, 15) is 13.6 Å². The van der Waals surface area contributed by atoms with Gasteiger partial charge in [0.15, 0.2) is 11.2 Å². The monoisotopic (exact) mass is 286 g/mol. The van der Waals surface area contributed by atoms with E-state index in [1.165, 1.54) is 17.0 Å². The fourth-order valence-corrected chi connectivity index (χ4v) is 3.01. The van der Waals surface area contributed by atoms with Gasteiger partial charge in [-0.05, 0) is 6.08 Å². The van der Waals surface area contributed by atoms with Gasteiger partial charge < -0.3 is 5.11 Å². The zero-order valence-electron chi connectivity index (χ0n) is 9.38. The van der Waals surface area contributed by atoms with Crippen molar-refractivity contribution in [2.75, 3.05) is 6.61 Å². The summed E-state index contributed by atoms with van der Waals surface area (Å²) in [5, 5.41) is 7.84. The Balaban J connectivity index is 2.12. The van der Waals surface area contributed by atoms with Gasteiger partial charge in [0, 0.05) is 0 Å². The predicted octanol–water partition coefficient (Wildman–Crippen LogP) is 0.718. The van der Waals surface area contributed by atoms with E-state index in [0.29, 0.717) is 0 Å². The third kappa shape index (κ3) is 1.94. The van der Waals surface area contributed by atoms with Crippen molar-refractivity contribution in [3.63, 3.8) is 0 Å². The number of nitrogens with zero attached hydrogens (tertiary/aromatic N) is 3. The van der Waals surface area contributed by atoms with Crippen molar-refractivity contribution < 1.29 is 13.9 Å². The second-order valence-electron chi connectivity index (χ2n) is 3.94. The van der Waals surface area contributed by atoms with E-state index in [2.05, 4.69) is 9.97 Å². The fraction of sp³-hybridized carbons (Fsp3) is 0.300. The number of aromatic amines is 1. The Bertz CT molecular complexity index is 726. The van der Waals surface area contributed by atoms with Crippen LogP contribution in [0, 0.1) is 6.08 Å². The van der Waals surface area contributed by atoms with E-state index in [1.807, 2.05) is 4.98 Å². The van der Waals surface area contributed by atoms with Gasteiger partial charge in [-0.25, -0.2) is 9.37 Å². The molecule has 0 bridgehead atoms. The van der Waals surface area contributed by atoms with Crippen molar-refractivity contribution in [2.45, 2.75) is 10.6 Å². The summed E-state index contributed by atoms with van der Waals surface area (Å²) in [4.78, 5) is 20.7. The standard InChI is InChI=1S/C10H8F2N4O2S/c11-5-1-4(2-17)19-9(5)16-3-13-6-7(16)14-10(12)15-8(6)18/h1,3-4,9,17H,2H2,(H,14,15,18)/t4-,9+/m1/s1. The first-order valence-electron chi connectivity index (χ1n) is 5.36. The molecule has 19 heavy (non-hydrogen) atoms. The van der Waals surface area contributed by atoms with Crippen LogP contribution in [0.3, 0.4) is 0 Å². The first-order chi connectivity index (χ1) is 9.10. The SMILES string of the molecule is O=c1[nH]c(F)nc2c1ncn2[C@H]1S[C@@H](CO)C=C1F. The van der Waals surface area contributed by atoms with Crippen LogP contribution in [-0.4, -0.2) is 36.5 Å². The van der Waals surface area contributed by atoms with Crippen LogP contribution in [0.25, 0.3) is 11.2 Å². The number of thioether (sulfide) groups is 1. The summed E-state index contributed by atoms with van der Waals surface area (Å²) in [7, 11) is 0. The van der Waals surface area contributed by atoms with Crippen molar-refractivity contribution >= 4 is 22.9 Å². The summed E-state index contributed by atoms with van der Waals surface area (Å²) in [5.74, 6) is -0.481. The molecule has 0 spiro atoms. The molecule has 0 saturated carbocycles. The number of hydrogen-bond donors (Lipinski definition) is 2. The average Bonchev–Trinajstić information content (AvgIpc) is 2.92. The molecule has 0 unspecified atom stereocenters. The van der Waals surface area contributed by atoms with Crippen LogP contribution < -0.4 is 5.56 Å². The topological polar surface area (TPSA) is 83.8 Å². The number of hydrogen-bond acceptors (Lipinski definition) is 5. The van der Waals surface area contributed by atoms with E-state index in [1.54, 1.807) is 0 Å². The van der Waals surface area contributed by atoms with Crippen molar-refractivity contribution in [3.8, 4) is 0 Å². The smallest absolute Gasteiger partial charge is 0.291 e. The number of fused-ring (bicyclic) bond motifs is 1. The number of aliphatic hydroxyl groups excluding tert-OH is 1. The maximum absolute atomic E-state index is 13.8. The van der Waals surface area contributed by atoms with Crippen molar-refractivity contribution in [1.29, 1.82) is 0 Å². The molecule has 0 radical (unpaired) electrons. The van der Waals surface area contributed by atoms with Gasteiger partial charge in [-0.1, -0.05) is 0 Å². The Morgan fingerprint density at radius 1 is 1.53 bits per heavy atom.